The summed E-state index contributed by atoms with van der Waals surface area (Å²) in [7, 11) is 0. The summed E-state index contributed by atoms with van der Waals surface area (Å²) in [5.41, 5.74) is 0.255. The number of rotatable bonds is 2. The highest BCUT2D eigenvalue weighted by Crippen LogP contribution is 2.37. The van der Waals surface area contributed by atoms with Crippen molar-refractivity contribution in [2.75, 3.05) is 0 Å². The molecule has 1 saturated carbocycles. The zero-order chi connectivity index (χ0) is 14.8. The Hall–Kier alpha value is -1.11. The second-order valence-corrected chi connectivity index (χ2v) is 5.82. The molecule has 1 fully saturated rings. The lowest BCUT2D eigenvalue weighted by atomic mass is 9.84. The van der Waals surface area contributed by atoms with Gasteiger partial charge in [0.1, 0.15) is 0 Å². The molecule has 0 aliphatic heterocycles. The minimum Gasteiger partial charge on any atom is -0.349 e. The number of alkyl halides is 3. The Morgan fingerprint density at radius 2 is 2.00 bits per heavy atom. The van der Waals surface area contributed by atoms with Gasteiger partial charge in [0, 0.05) is 22.9 Å². The molecule has 2 rings (SSSR count). The maximum atomic E-state index is 12.9. The van der Waals surface area contributed by atoms with Crippen LogP contribution in [-0.4, -0.2) is 23.1 Å². The minimum atomic E-state index is -4.27. The Kier molecular flexibility index (Phi) is 4.67. The number of carbonyl (C=O) groups is 1. The van der Waals surface area contributed by atoms with Crippen molar-refractivity contribution in [3.05, 3.63) is 28.5 Å². The van der Waals surface area contributed by atoms with E-state index in [9.17, 15) is 18.0 Å². The molecule has 0 unspecified atom stereocenters. The summed E-state index contributed by atoms with van der Waals surface area (Å²) in [6.07, 6.45) is 0.265. The molecule has 3 nitrogen and oxygen atoms in total. The van der Waals surface area contributed by atoms with Crippen LogP contribution in [0.2, 0.25) is 0 Å². The lowest BCUT2D eigenvalue weighted by Gasteiger charge is -2.33. The van der Waals surface area contributed by atoms with Crippen LogP contribution in [-0.2, 0) is 0 Å². The van der Waals surface area contributed by atoms with Gasteiger partial charge in [-0.2, -0.15) is 13.2 Å². The molecule has 0 radical (unpaired) electrons. The van der Waals surface area contributed by atoms with E-state index in [1.54, 1.807) is 0 Å². The van der Waals surface area contributed by atoms with E-state index in [4.69, 9.17) is 0 Å². The van der Waals surface area contributed by atoms with Crippen LogP contribution in [0.4, 0.5) is 13.2 Å². The lowest BCUT2D eigenvalue weighted by molar-refractivity contribution is -0.187. The van der Waals surface area contributed by atoms with Gasteiger partial charge in [-0.1, -0.05) is 12.8 Å². The van der Waals surface area contributed by atoms with Crippen LogP contribution in [0.1, 0.15) is 36.0 Å². The third kappa shape index (κ3) is 3.71. The molecule has 0 saturated heterocycles. The van der Waals surface area contributed by atoms with Crippen LogP contribution >= 0.6 is 15.9 Å². The molecule has 0 aromatic carbocycles. The SMILES string of the molecule is O=C(N[C@@H]1CCCC[C@@H]1C(F)(F)F)c1cncc(Br)c1. The van der Waals surface area contributed by atoms with Crippen molar-refractivity contribution in [1.82, 2.24) is 10.3 Å². The molecule has 1 N–H and O–H groups in total. The van der Waals surface area contributed by atoms with Crippen LogP contribution in [0.5, 0.6) is 0 Å². The number of amides is 1. The standard InChI is InChI=1S/C13H14BrF3N2O/c14-9-5-8(6-18-7-9)12(20)19-11-4-2-1-3-10(11)13(15,16)17/h5-7,10-11H,1-4H2,(H,19,20)/t10-,11+/m0/s1. The molecule has 0 spiro atoms. The van der Waals surface area contributed by atoms with E-state index in [1.807, 2.05) is 0 Å². The zero-order valence-electron chi connectivity index (χ0n) is 10.6. The largest absolute Gasteiger partial charge is 0.393 e. The molecule has 2 atom stereocenters. The Labute approximate surface area is 123 Å². The fourth-order valence-electron chi connectivity index (χ4n) is 2.48. The summed E-state index contributed by atoms with van der Waals surface area (Å²) in [5.74, 6) is -1.97. The fourth-order valence-corrected chi connectivity index (χ4v) is 2.85. The van der Waals surface area contributed by atoms with Gasteiger partial charge in [-0.05, 0) is 34.8 Å². The number of carbonyl (C=O) groups excluding carboxylic acids is 1. The molecule has 1 heterocycles. The van der Waals surface area contributed by atoms with E-state index in [1.165, 1.54) is 18.5 Å². The molecule has 1 aliphatic rings. The zero-order valence-corrected chi connectivity index (χ0v) is 12.2. The van der Waals surface area contributed by atoms with Gasteiger partial charge in [0.2, 0.25) is 0 Å². The highest BCUT2D eigenvalue weighted by Gasteiger charge is 2.45. The van der Waals surface area contributed by atoms with Gasteiger partial charge < -0.3 is 5.32 Å². The minimum absolute atomic E-state index is 0.0746. The first-order valence-electron chi connectivity index (χ1n) is 6.36. The number of hydrogen-bond donors (Lipinski definition) is 1. The van der Waals surface area contributed by atoms with Gasteiger partial charge in [-0.3, -0.25) is 9.78 Å². The van der Waals surface area contributed by atoms with Crippen LogP contribution in [0.15, 0.2) is 22.9 Å². The van der Waals surface area contributed by atoms with Crippen molar-refractivity contribution in [2.45, 2.75) is 37.9 Å². The van der Waals surface area contributed by atoms with Gasteiger partial charge in [0.25, 0.3) is 5.91 Å². The number of hydrogen-bond acceptors (Lipinski definition) is 2. The summed E-state index contributed by atoms with van der Waals surface area (Å²) in [5, 5.41) is 2.50. The number of pyridine rings is 1. The third-order valence-corrected chi connectivity index (χ3v) is 3.90. The fraction of sp³-hybridized carbons (Fsp3) is 0.538. The molecular formula is C13H14BrF3N2O. The molecule has 110 valence electrons. The van der Waals surface area contributed by atoms with Gasteiger partial charge in [0.05, 0.1) is 11.5 Å². The van der Waals surface area contributed by atoms with Crippen molar-refractivity contribution < 1.29 is 18.0 Å². The van der Waals surface area contributed by atoms with E-state index in [0.29, 0.717) is 23.7 Å². The Morgan fingerprint density at radius 3 is 2.65 bits per heavy atom. The monoisotopic (exact) mass is 350 g/mol. The summed E-state index contributed by atoms with van der Waals surface area (Å²) >= 11 is 3.18. The molecule has 20 heavy (non-hydrogen) atoms. The van der Waals surface area contributed by atoms with Gasteiger partial charge in [-0.25, -0.2) is 0 Å². The van der Waals surface area contributed by atoms with Crippen LogP contribution in [0, 0.1) is 5.92 Å². The number of aromatic nitrogens is 1. The third-order valence-electron chi connectivity index (χ3n) is 3.47. The Bertz CT molecular complexity index is 493. The Morgan fingerprint density at radius 1 is 1.30 bits per heavy atom. The Balaban J connectivity index is 2.09. The quantitative estimate of drug-likeness (QED) is 0.883. The summed E-state index contributed by atoms with van der Waals surface area (Å²) in [6.45, 7) is 0. The smallest absolute Gasteiger partial charge is 0.349 e. The maximum absolute atomic E-state index is 12.9. The van der Waals surface area contributed by atoms with Crippen LogP contribution in [0.3, 0.4) is 0 Å². The second kappa shape index (κ2) is 6.11. The molecular weight excluding hydrogens is 337 g/mol. The molecule has 1 aromatic heterocycles. The van der Waals surface area contributed by atoms with E-state index < -0.39 is 24.0 Å². The van der Waals surface area contributed by atoms with Crippen LogP contribution < -0.4 is 5.32 Å². The van der Waals surface area contributed by atoms with E-state index in [0.717, 1.165) is 0 Å². The highest BCUT2D eigenvalue weighted by atomic mass is 79.9. The van der Waals surface area contributed by atoms with E-state index in [-0.39, 0.29) is 12.0 Å². The van der Waals surface area contributed by atoms with Crippen molar-refractivity contribution >= 4 is 21.8 Å². The predicted octanol–water partition coefficient (Wildman–Crippen LogP) is 3.70. The first-order valence-corrected chi connectivity index (χ1v) is 7.15. The summed E-state index contributed by atoms with van der Waals surface area (Å²) in [6, 6.07) is 0.684. The first-order chi connectivity index (χ1) is 9.38. The maximum Gasteiger partial charge on any atom is 0.393 e. The van der Waals surface area contributed by atoms with E-state index in [2.05, 4.69) is 26.2 Å². The molecule has 7 heteroatoms. The molecule has 0 bridgehead atoms. The van der Waals surface area contributed by atoms with Crippen LogP contribution in [0.25, 0.3) is 0 Å². The predicted molar refractivity (Wildman–Crippen MR) is 71.2 cm³/mol. The number of nitrogens with one attached hydrogen (secondary N) is 1. The van der Waals surface area contributed by atoms with E-state index >= 15 is 0 Å². The normalized spacial score (nSPS) is 23.4. The van der Waals surface area contributed by atoms with Crippen molar-refractivity contribution in [3.63, 3.8) is 0 Å². The van der Waals surface area contributed by atoms with Gasteiger partial charge in [-0.15, -0.1) is 0 Å². The van der Waals surface area contributed by atoms with Crippen molar-refractivity contribution in [1.29, 1.82) is 0 Å². The average molecular weight is 351 g/mol. The van der Waals surface area contributed by atoms with Crippen molar-refractivity contribution in [2.24, 2.45) is 5.92 Å². The van der Waals surface area contributed by atoms with Crippen molar-refractivity contribution in [3.8, 4) is 0 Å². The molecule has 1 aromatic rings. The summed E-state index contributed by atoms with van der Waals surface area (Å²) < 4.78 is 39.4. The lowest BCUT2D eigenvalue weighted by Crippen LogP contribution is -2.47. The topological polar surface area (TPSA) is 42.0 Å². The number of halogens is 4. The average Bonchev–Trinajstić information content (AvgIpc) is 2.38. The van der Waals surface area contributed by atoms with Gasteiger partial charge in [0.15, 0.2) is 0 Å². The molecule has 1 amide bonds. The van der Waals surface area contributed by atoms with Gasteiger partial charge >= 0.3 is 6.18 Å². The first kappa shape index (κ1) is 15.3. The summed E-state index contributed by atoms with van der Waals surface area (Å²) in [4.78, 5) is 15.8. The molecule has 1 aliphatic carbocycles. The highest BCUT2D eigenvalue weighted by molar-refractivity contribution is 9.10. The number of nitrogens with zero attached hydrogens (tertiary/aromatic N) is 1. The second-order valence-electron chi connectivity index (χ2n) is 4.90.